The van der Waals surface area contributed by atoms with E-state index in [2.05, 4.69) is 22.7 Å². The number of likely N-dealkylation sites (N-methyl/N-ethyl adjacent to an activating group) is 1. The predicted molar refractivity (Wildman–Crippen MR) is 76.0 cm³/mol. The predicted octanol–water partition coefficient (Wildman–Crippen LogP) is 2.01. The van der Waals surface area contributed by atoms with Crippen molar-refractivity contribution < 1.29 is 4.79 Å². The Bertz CT molecular complexity index is 415. The topological polar surface area (TPSA) is 59.0 Å². The van der Waals surface area contributed by atoms with Crippen LogP contribution in [0.15, 0.2) is 12.4 Å². The Morgan fingerprint density at radius 3 is 3.00 bits per heavy atom. The number of carbonyl (C=O) groups excluding carboxylic acids is 1. The molecular formula is C14H24N4O. The van der Waals surface area contributed by atoms with E-state index in [-0.39, 0.29) is 12.5 Å². The van der Waals surface area contributed by atoms with E-state index in [1.54, 1.807) is 11.7 Å². The van der Waals surface area contributed by atoms with Crippen LogP contribution in [0.2, 0.25) is 0 Å². The van der Waals surface area contributed by atoms with Crippen LogP contribution >= 0.6 is 0 Å². The molecule has 5 nitrogen and oxygen atoms in total. The zero-order valence-corrected chi connectivity index (χ0v) is 11.9. The van der Waals surface area contributed by atoms with Gasteiger partial charge in [0.15, 0.2) is 0 Å². The van der Waals surface area contributed by atoms with Crippen LogP contribution in [0.1, 0.15) is 39.0 Å². The second-order valence-electron chi connectivity index (χ2n) is 5.30. The summed E-state index contributed by atoms with van der Waals surface area (Å²) in [4.78, 5) is 11.3. The number of hydrogen-bond donors (Lipinski definition) is 2. The second-order valence-corrected chi connectivity index (χ2v) is 5.30. The average molecular weight is 264 g/mol. The standard InChI is InChI=1S/C14H24N4O/c1-3-11-6-4-5-7-13(11)17-12-8-16-18(9-12)10-14(19)15-2/h8-9,11,13,17H,3-7,10H2,1-2H3,(H,15,19). The lowest BCUT2D eigenvalue weighted by molar-refractivity contribution is -0.121. The smallest absolute Gasteiger partial charge is 0.241 e. The highest BCUT2D eigenvalue weighted by Crippen LogP contribution is 2.29. The van der Waals surface area contributed by atoms with Gasteiger partial charge >= 0.3 is 0 Å². The molecule has 0 aromatic carbocycles. The van der Waals surface area contributed by atoms with Gasteiger partial charge in [-0.15, -0.1) is 0 Å². The molecule has 2 atom stereocenters. The van der Waals surface area contributed by atoms with Gasteiger partial charge < -0.3 is 10.6 Å². The summed E-state index contributed by atoms with van der Waals surface area (Å²) in [5, 5.41) is 10.4. The summed E-state index contributed by atoms with van der Waals surface area (Å²) in [6.45, 7) is 2.54. The Morgan fingerprint density at radius 2 is 2.26 bits per heavy atom. The molecule has 2 rings (SSSR count). The Hall–Kier alpha value is -1.52. The van der Waals surface area contributed by atoms with Crippen molar-refractivity contribution >= 4 is 11.6 Å². The van der Waals surface area contributed by atoms with Gasteiger partial charge in [-0.3, -0.25) is 9.48 Å². The minimum Gasteiger partial charge on any atom is -0.379 e. The van der Waals surface area contributed by atoms with E-state index in [1.165, 1.54) is 32.1 Å². The summed E-state index contributed by atoms with van der Waals surface area (Å²) in [5.41, 5.74) is 1.02. The molecule has 2 N–H and O–H groups in total. The maximum Gasteiger partial charge on any atom is 0.241 e. The van der Waals surface area contributed by atoms with Crippen molar-refractivity contribution in [2.75, 3.05) is 12.4 Å². The molecule has 19 heavy (non-hydrogen) atoms. The summed E-state index contributed by atoms with van der Waals surface area (Å²) in [7, 11) is 1.64. The molecular weight excluding hydrogens is 240 g/mol. The average Bonchev–Trinajstić information content (AvgIpc) is 2.86. The maximum absolute atomic E-state index is 11.3. The van der Waals surface area contributed by atoms with Crippen LogP contribution in [0.4, 0.5) is 5.69 Å². The maximum atomic E-state index is 11.3. The molecule has 0 spiro atoms. The van der Waals surface area contributed by atoms with Crippen LogP contribution in [0, 0.1) is 5.92 Å². The molecule has 106 valence electrons. The molecule has 1 amide bonds. The number of anilines is 1. The number of nitrogens with one attached hydrogen (secondary N) is 2. The zero-order chi connectivity index (χ0) is 13.7. The number of hydrogen-bond acceptors (Lipinski definition) is 3. The fourth-order valence-electron chi connectivity index (χ4n) is 2.85. The number of nitrogens with zero attached hydrogens (tertiary/aromatic N) is 2. The molecule has 0 aliphatic heterocycles. The number of aromatic nitrogens is 2. The lowest BCUT2D eigenvalue weighted by atomic mass is 9.83. The van der Waals surface area contributed by atoms with Crippen LogP contribution < -0.4 is 10.6 Å². The molecule has 1 aliphatic carbocycles. The van der Waals surface area contributed by atoms with Gasteiger partial charge in [-0.2, -0.15) is 5.10 Å². The Labute approximate surface area is 114 Å². The zero-order valence-electron chi connectivity index (χ0n) is 11.9. The summed E-state index contributed by atoms with van der Waals surface area (Å²) < 4.78 is 1.67. The summed E-state index contributed by atoms with van der Waals surface area (Å²) in [5.74, 6) is 0.731. The largest absolute Gasteiger partial charge is 0.379 e. The van der Waals surface area contributed by atoms with Gasteiger partial charge in [0.25, 0.3) is 0 Å². The Morgan fingerprint density at radius 1 is 1.47 bits per heavy atom. The van der Waals surface area contributed by atoms with Crippen molar-refractivity contribution in [1.82, 2.24) is 15.1 Å². The van der Waals surface area contributed by atoms with Crippen molar-refractivity contribution in [3.63, 3.8) is 0 Å². The summed E-state index contributed by atoms with van der Waals surface area (Å²) in [6, 6.07) is 0.552. The molecule has 0 radical (unpaired) electrons. The van der Waals surface area contributed by atoms with Crippen molar-refractivity contribution in [2.24, 2.45) is 5.92 Å². The van der Waals surface area contributed by atoms with E-state index in [0.717, 1.165) is 11.6 Å². The van der Waals surface area contributed by atoms with Gasteiger partial charge in [0.05, 0.1) is 11.9 Å². The minimum absolute atomic E-state index is 0.0289. The quantitative estimate of drug-likeness (QED) is 0.855. The summed E-state index contributed by atoms with van der Waals surface area (Å²) in [6.07, 6.45) is 10.2. The Balaban J connectivity index is 1.93. The van der Waals surface area contributed by atoms with Crippen LogP contribution in [0.25, 0.3) is 0 Å². The molecule has 2 unspecified atom stereocenters. The molecule has 1 heterocycles. The highest BCUT2D eigenvalue weighted by Gasteiger charge is 2.23. The van der Waals surface area contributed by atoms with E-state index in [9.17, 15) is 4.79 Å². The first-order chi connectivity index (χ1) is 9.22. The monoisotopic (exact) mass is 264 g/mol. The van der Waals surface area contributed by atoms with Gasteiger partial charge in [0, 0.05) is 19.3 Å². The SMILES string of the molecule is CCC1CCCCC1Nc1cnn(CC(=O)NC)c1. The third kappa shape index (κ3) is 3.72. The normalized spacial score (nSPS) is 23.1. The van der Waals surface area contributed by atoms with Gasteiger partial charge in [-0.1, -0.05) is 26.2 Å². The third-order valence-electron chi connectivity index (χ3n) is 4.00. The second kappa shape index (κ2) is 6.59. The van der Waals surface area contributed by atoms with Crippen molar-refractivity contribution in [1.29, 1.82) is 0 Å². The van der Waals surface area contributed by atoms with Crippen LogP contribution in [-0.4, -0.2) is 28.8 Å². The minimum atomic E-state index is -0.0289. The molecule has 1 saturated carbocycles. The third-order valence-corrected chi connectivity index (χ3v) is 4.00. The molecule has 1 aliphatic rings. The van der Waals surface area contributed by atoms with E-state index in [4.69, 9.17) is 0 Å². The van der Waals surface area contributed by atoms with Crippen molar-refractivity contribution in [2.45, 2.75) is 51.6 Å². The molecule has 1 fully saturated rings. The number of carbonyl (C=O) groups is 1. The highest BCUT2D eigenvalue weighted by molar-refractivity contribution is 5.75. The fraction of sp³-hybridized carbons (Fsp3) is 0.714. The van der Waals surface area contributed by atoms with Gasteiger partial charge in [0.1, 0.15) is 6.54 Å². The molecule has 0 bridgehead atoms. The van der Waals surface area contributed by atoms with Gasteiger partial charge in [0.2, 0.25) is 5.91 Å². The van der Waals surface area contributed by atoms with Crippen molar-refractivity contribution in [3.8, 4) is 0 Å². The molecule has 1 aromatic rings. The van der Waals surface area contributed by atoms with Crippen LogP contribution in [0.3, 0.4) is 0 Å². The van der Waals surface area contributed by atoms with Crippen LogP contribution in [0.5, 0.6) is 0 Å². The van der Waals surface area contributed by atoms with E-state index in [0.29, 0.717) is 6.04 Å². The number of rotatable bonds is 5. The summed E-state index contributed by atoms with van der Waals surface area (Å²) >= 11 is 0. The van der Waals surface area contributed by atoms with Crippen molar-refractivity contribution in [3.05, 3.63) is 12.4 Å². The first-order valence-corrected chi connectivity index (χ1v) is 7.22. The van der Waals surface area contributed by atoms with E-state index < -0.39 is 0 Å². The lowest BCUT2D eigenvalue weighted by Gasteiger charge is -2.31. The first-order valence-electron chi connectivity index (χ1n) is 7.22. The molecule has 5 heteroatoms. The first kappa shape index (κ1) is 13.9. The highest BCUT2D eigenvalue weighted by atomic mass is 16.1. The lowest BCUT2D eigenvalue weighted by Crippen LogP contribution is -2.31. The fourth-order valence-corrected chi connectivity index (χ4v) is 2.85. The number of amides is 1. The molecule has 1 aromatic heterocycles. The Kier molecular flexibility index (Phi) is 4.82. The van der Waals surface area contributed by atoms with Crippen LogP contribution in [-0.2, 0) is 11.3 Å². The molecule has 0 saturated heterocycles. The van der Waals surface area contributed by atoms with Gasteiger partial charge in [-0.25, -0.2) is 0 Å². The van der Waals surface area contributed by atoms with E-state index in [1.807, 2.05) is 12.4 Å². The van der Waals surface area contributed by atoms with E-state index >= 15 is 0 Å². The van der Waals surface area contributed by atoms with Gasteiger partial charge in [-0.05, 0) is 18.8 Å².